The Bertz CT molecular complexity index is 760. The van der Waals surface area contributed by atoms with Crippen LogP contribution in [0.25, 0.3) is 0 Å². The molecule has 0 aliphatic carbocycles. The lowest BCUT2D eigenvalue weighted by molar-refractivity contribution is 0.0638. The first kappa shape index (κ1) is 18.2. The van der Waals surface area contributed by atoms with E-state index in [-0.39, 0.29) is 11.8 Å². The average Bonchev–Trinajstić information content (AvgIpc) is 2.92. The number of carbonyl (C=O) groups is 2. The maximum Gasteiger partial charge on any atom is 0.261 e. The lowest BCUT2D eigenvalue weighted by atomic mass is 10.1. The zero-order valence-electron chi connectivity index (χ0n) is 15.3. The van der Waals surface area contributed by atoms with E-state index >= 15 is 0 Å². The Kier molecular flexibility index (Phi) is 5.73. The third-order valence-electron chi connectivity index (χ3n) is 4.71. The second kappa shape index (κ2) is 8.19. The molecule has 0 saturated heterocycles. The van der Waals surface area contributed by atoms with Crippen LogP contribution >= 0.6 is 0 Å². The summed E-state index contributed by atoms with van der Waals surface area (Å²) >= 11 is 0. The van der Waals surface area contributed by atoms with Crippen LogP contribution in [0, 0.1) is 0 Å². The number of amidine groups is 1. The summed E-state index contributed by atoms with van der Waals surface area (Å²) in [6.45, 7) is 4.78. The van der Waals surface area contributed by atoms with Crippen molar-refractivity contribution in [1.82, 2.24) is 9.80 Å². The minimum absolute atomic E-state index is 0.187. The van der Waals surface area contributed by atoms with Gasteiger partial charge in [0.25, 0.3) is 11.8 Å². The molecule has 0 fully saturated rings. The summed E-state index contributed by atoms with van der Waals surface area (Å²) in [4.78, 5) is 37.1. The van der Waals surface area contributed by atoms with E-state index in [0.29, 0.717) is 24.2 Å². The first-order valence-corrected chi connectivity index (χ1v) is 9.02. The molecule has 0 spiro atoms. The van der Waals surface area contributed by atoms with Crippen LogP contribution in [0.4, 0.5) is 0 Å². The predicted molar refractivity (Wildman–Crippen MR) is 103 cm³/mol. The molecule has 2 amide bonds. The van der Waals surface area contributed by atoms with Crippen molar-refractivity contribution in [3.8, 4) is 0 Å². The highest BCUT2D eigenvalue weighted by atomic mass is 16.2. The molecular formula is C20H24N4O2. The van der Waals surface area contributed by atoms with Gasteiger partial charge in [-0.05, 0) is 30.5 Å². The summed E-state index contributed by atoms with van der Waals surface area (Å²) in [5.41, 5.74) is 2.18. The monoisotopic (exact) mass is 352 g/mol. The first-order chi connectivity index (χ1) is 12.7. The molecule has 0 atom stereocenters. The van der Waals surface area contributed by atoms with E-state index in [1.54, 1.807) is 31.3 Å². The third kappa shape index (κ3) is 3.65. The Hall–Kier alpha value is -2.60. The van der Waals surface area contributed by atoms with Gasteiger partial charge in [0.15, 0.2) is 0 Å². The Morgan fingerprint density at radius 3 is 2.38 bits per heavy atom. The average molecular weight is 352 g/mol. The molecule has 2 aliphatic rings. The second-order valence-corrected chi connectivity index (χ2v) is 6.35. The molecule has 26 heavy (non-hydrogen) atoms. The second-order valence-electron chi connectivity index (χ2n) is 6.35. The van der Waals surface area contributed by atoms with Gasteiger partial charge in [-0.25, -0.2) is 4.99 Å². The zero-order chi connectivity index (χ0) is 18.5. The maximum atomic E-state index is 12.4. The highest BCUT2D eigenvalue weighted by molar-refractivity contribution is 6.21. The topological polar surface area (TPSA) is 65.3 Å². The predicted octanol–water partition coefficient (Wildman–Crippen LogP) is 2.42. The van der Waals surface area contributed by atoms with Gasteiger partial charge in [0.2, 0.25) is 0 Å². The Labute approximate surface area is 153 Å². The Morgan fingerprint density at radius 1 is 1.15 bits per heavy atom. The van der Waals surface area contributed by atoms with Crippen LogP contribution in [0.15, 0.2) is 45.9 Å². The van der Waals surface area contributed by atoms with Crippen LogP contribution in [0.5, 0.6) is 0 Å². The van der Waals surface area contributed by atoms with Crippen LogP contribution in [0.1, 0.15) is 40.5 Å². The van der Waals surface area contributed by atoms with Crippen molar-refractivity contribution in [2.45, 2.75) is 19.8 Å². The first-order valence-electron chi connectivity index (χ1n) is 9.02. The number of amides is 2. The normalized spacial score (nSPS) is 18.6. The van der Waals surface area contributed by atoms with Crippen LogP contribution in [0.3, 0.4) is 0 Å². The number of aliphatic imine (C=N–C) groups is 2. The van der Waals surface area contributed by atoms with E-state index in [2.05, 4.69) is 21.0 Å². The SMILES string of the molecule is CCC=NC(=NC)C1=CCN(CCN2C(=O)c3ccccc3C2=O)CC1. The highest BCUT2D eigenvalue weighted by Gasteiger charge is 2.34. The van der Waals surface area contributed by atoms with Gasteiger partial charge in [-0.2, -0.15) is 0 Å². The number of imide groups is 1. The smallest absolute Gasteiger partial charge is 0.261 e. The van der Waals surface area contributed by atoms with Crippen molar-refractivity contribution in [2.24, 2.45) is 9.98 Å². The number of rotatable bonds is 5. The molecule has 6 nitrogen and oxygen atoms in total. The molecule has 6 heteroatoms. The molecule has 0 unspecified atom stereocenters. The molecule has 2 aliphatic heterocycles. The van der Waals surface area contributed by atoms with Crippen molar-refractivity contribution < 1.29 is 9.59 Å². The molecule has 3 rings (SSSR count). The summed E-state index contributed by atoms with van der Waals surface area (Å²) < 4.78 is 0. The van der Waals surface area contributed by atoms with Crippen LogP contribution in [-0.2, 0) is 0 Å². The van der Waals surface area contributed by atoms with Gasteiger partial charge < -0.3 is 0 Å². The van der Waals surface area contributed by atoms with E-state index in [4.69, 9.17) is 0 Å². The number of carbonyl (C=O) groups excluding carboxylic acids is 2. The third-order valence-corrected chi connectivity index (χ3v) is 4.71. The number of benzene rings is 1. The van der Waals surface area contributed by atoms with Crippen LogP contribution in [0.2, 0.25) is 0 Å². The lowest BCUT2D eigenvalue weighted by Crippen LogP contribution is -2.40. The quantitative estimate of drug-likeness (QED) is 0.464. The maximum absolute atomic E-state index is 12.4. The van der Waals surface area contributed by atoms with Gasteiger partial charge in [-0.1, -0.05) is 25.1 Å². The molecule has 1 aromatic rings. The summed E-state index contributed by atoms with van der Waals surface area (Å²) in [6, 6.07) is 7.01. The van der Waals surface area contributed by atoms with Crippen LogP contribution in [-0.4, -0.2) is 66.9 Å². The molecule has 0 aromatic heterocycles. The van der Waals surface area contributed by atoms with Crippen molar-refractivity contribution >= 4 is 23.9 Å². The van der Waals surface area contributed by atoms with Gasteiger partial charge in [-0.3, -0.25) is 24.4 Å². The van der Waals surface area contributed by atoms with Gasteiger partial charge in [-0.15, -0.1) is 0 Å². The van der Waals surface area contributed by atoms with Gasteiger partial charge in [0, 0.05) is 39.4 Å². The summed E-state index contributed by atoms with van der Waals surface area (Å²) in [6.07, 6.45) is 5.77. The summed E-state index contributed by atoms with van der Waals surface area (Å²) in [5.74, 6) is 0.424. The van der Waals surface area contributed by atoms with E-state index < -0.39 is 0 Å². The minimum Gasteiger partial charge on any atom is -0.298 e. The molecule has 136 valence electrons. The Morgan fingerprint density at radius 2 is 1.85 bits per heavy atom. The molecule has 0 radical (unpaired) electrons. The van der Waals surface area contributed by atoms with Crippen molar-refractivity contribution in [3.05, 3.63) is 47.0 Å². The molecular weight excluding hydrogens is 328 g/mol. The van der Waals surface area contributed by atoms with Crippen molar-refractivity contribution in [2.75, 3.05) is 33.2 Å². The minimum atomic E-state index is -0.187. The van der Waals surface area contributed by atoms with Gasteiger partial charge in [0.05, 0.1) is 11.1 Å². The molecule has 0 saturated carbocycles. The molecule has 0 bridgehead atoms. The van der Waals surface area contributed by atoms with Gasteiger partial charge >= 0.3 is 0 Å². The van der Waals surface area contributed by atoms with Crippen molar-refractivity contribution in [1.29, 1.82) is 0 Å². The van der Waals surface area contributed by atoms with Crippen molar-refractivity contribution in [3.63, 3.8) is 0 Å². The molecule has 1 aromatic carbocycles. The van der Waals surface area contributed by atoms with E-state index in [9.17, 15) is 9.59 Å². The number of fused-ring (bicyclic) bond motifs is 1. The molecule has 0 N–H and O–H groups in total. The van der Waals surface area contributed by atoms with E-state index in [1.807, 2.05) is 13.1 Å². The summed E-state index contributed by atoms with van der Waals surface area (Å²) in [5, 5.41) is 0. The standard InChI is InChI=1S/C20H24N4O2/c1-3-10-22-18(21-2)15-8-11-23(12-9-15)13-14-24-19(25)16-6-4-5-7-17(16)20(24)26/h4-8,10H,3,9,11-14H2,1-2H3. The Balaban J connectivity index is 1.57. The van der Waals surface area contributed by atoms with E-state index in [0.717, 1.165) is 37.3 Å². The zero-order valence-corrected chi connectivity index (χ0v) is 15.3. The van der Waals surface area contributed by atoms with Gasteiger partial charge in [0.1, 0.15) is 5.84 Å². The number of hydrogen-bond donors (Lipinski definition) is 0. The lowest BCUT2D eigenvalue weighted by Gasteiger charge is -2.27. The number of nitrogens with zero attached hydrogens (tertiary/aromatic N) is 4. The summed E-state index contributed by atoms with van der Waals surface area (Å²) in [7, 11) is 1.76. The fourth-order valence-corrected chi connectivity index (χ4v) is 3.26. The van der Waals surface area contributed by atoms with Crippen LogP contribution < -0.4 is 0 Å². The number of hydrogen-bond acceptors (Lipinski definition) is 4. The fourth-order valence-electron chi connectivity index (χ4n) is 3.26. The van der Waals surface area contributed by atoms with E-state index in [1.165, 1.54) is 4.90 Å². The highest BCUT2D eigenvalue weighted by Crippen LogP contribution is 2.22. The fraction of sp³-hybridized carbons (Fsp3) is 0.400. The molecule has 2 heterocycles. The largest absolute Gasteiger partial charge is 0.298 e.